The Kier molecular flexibility index (Phi) is 5.38. The molecule has 176 valence electrons. The van der Waals surface area contributed by atoms with E-state index >= 15 is 0 Å². The third-order valence-electron chi connectivity index (χ3n) is 6.18. The first-order valence-electron chi connectivity index (χ1n) is 10.8. The number of aromatic nitrogens is 1. The summed E-state index contributed by atoms with van der Waals surface area (Å²) in [6, 6.07) is 8.52. The average molecular weight is 471 g/mol. The van der Waals surface area contributed by atoms with Crippen LogP contribution < -0.4 is 5.73 Å². The number of allylic oxidation sites excluding steroid dienone is 2. The molecular weight excluding hydrogens is 450 g/mol. The molecule has 0 fully saturated rings. The standard InChI is InChI=1S/C24H21F4N5O/c25-20-9-11-30-14-19(20)15-3-1-4-17(13-15)23(21-31-10-2-12-33(21)22(29)32-23)16-5-7-18(8-6-16)34-24(26,27)28/h1,3-5,7-9,11,13-14,16H,2,6,10,12H2,(H2,29,32)/t16-,23-/m1/s1. The summed E-state index contributed by atoms with van der Waals surface area (Å²) in [7, 11) is 0. The van der Waals surface area contributed by atoms with Gasteiger partial charge in [-0.1, -0.05) is 24.3 Å². The van der Waals surface area contributed by atoms with Crippen molar-refractivity contribution in [2.24, 2.45) is 21.6 Å². The van der Waals surface area contributed by atoms with Gasteiger partial charge in [-0.3, -0.25) is 14.9 Å². The Morgan fingerprint density at radius 1 is 1.21 bits per heavy atom. The Bertz CT molecular complexity index is 1240. The molecule has 10 heteroatoms. The van der Waals surface area contributed by atoms with Crippen LogP contribution in [0.4, 0.5) is 17.6 Å². The molecule has 5 rings (SSSR count). The average Bonchev–Trinajstić information content (AvgIpc) is 3.13. The summed E-state index contributed by atoms with van der Waals surface area (Å²) in [5, 5.41) is 0. The van der Waals surface area contributed by atoms with Crippen molar-refractivity contribution in [1.29, 1.82) is 0 Å². The van der Waals surface area contributed by atoms with Gasteiger partial charge in [-0.25, -0.2) is 9.38 Å². The summed E-state index contributed by atoms with van der Waals surface area (Å²) in [6.45, 7) is 1.23. The molecule has 2 N–H and O–H groups in total. The first-order chi connectivity index (χ1) is 16.3. The highest BCUT2D eigenvalue weighted by molar-refractivity contribution is 6.10. The number of nitrogens with two attached hydrogens (primary N) is 1. The molecule has 0 bridgehead atoms. The highest BCUT2D eigenvalue weighted by atomic mass is 19.4. The maximum absolute atomic E-state index is 14.5. The molecule has 1 aromatic heterocycles. The number of hydrogen-bond donors (Lipinski definition) is 1. The molecule has 6 nitrogen and oxygen atoms in total. The predicted octanol–water partition coefficient (Wildman–Crippen LogP) is 4.51. The van der Waals surface area contributed by atoms with Crippen molar-refractivity contribution in [2.45, 2.75) is 24.7 Å². The van der Waals surface area contributed by atoms with Crippen LogP contribution in [0.15, 0.2) is 76.7 Å². The van der Waals surface area contributed by atoms with Crippen LogP contribution in [-0.4, -0.2) is 41.1 Å². The highest BCUT2D eigenvalue weighted by Gasteiger charge is 2.52. The highest BCUT2D eigenvalue weighted by Crippen LogP contribution is 2.46. The molecule has 0 saturated heterocycles. The minimum Gasteiger partial charge on any atom is -0.406 e. The summed E-state index contributed by atoms with van der Waals surface area (Å²) in [6.07, 6.45) is 3.41. The summed E-state index contributed by atoms with van der Waals surface area (Å²) in [5.74, 6) is -0.138. The van der Waals surface area contributed by atoms with Crippen molar-refractivity contribution in [1.82, 2.24) is 9.88 Å². The van der Waals surface area contributed by atoms with Crippen LogP contribution in [0.25, 0.3) is 11.1 Å². The van der Waals surface area contributed by atoms with Gasteiger partial charge in [0, 0.05) is 37.0 Å². The van der Waals surface area contributed by atoms with Crippen molar-refractivity contribution < 1.29 is 22.3 Å². The van der Waals surface area contributed by atoms with Crippen molar-refractivity contribution in [3.8, 4) is 11.1 Å². The molecule has 1 aromatic carbocycles. The quantitative estimate of drug-likeness (QED) is 0.666. The number of aliphatic imine (C=N–C) groups is 2. The fourth-order valence-electron chi connectivity index (χ4n) is 4.74. The van der Waals surface area contributed by atoms with E-state index < -0.39 is 17.7 Å². The number of pyridine rings is 1. The van der Waals surface area contributed by atoms with E-state index in [4.69, 9.17) is 15.7 Å². The van der Waals surface area contributed by atoms with Gasteiger partial charge in [0.1, 0.15) is 17.4 Å². The molecule has 0 saturated carbocycles. The zero-order chi connectivity index (χ0) is 23.9. The Morgan fingerprint density at radius 2 is 2.06 bits per heavy atom. The number of amidine groups is 1. The Balaban J connectivity index is 1.61. The normalized spacial score (nSPS) is 24.3. The lowest BCUT2D eigenvalue weighted by atomic mass is 9.73. The zero-order valence-electron chi connectivity index (χ0n) is 18.0. The molecule has 0 spiro atoms. The molecular formula is C24H21F4N5O. The fourth-order valence-corrected chi connectivity index (χ4v) is 4.74. The van der Waals surface area contributed by atoms with Crippen molar-refractivity contribution in [3.05, 3.63) is 78.1 Å². The second-order valence-electron chi connectivity index (χ2n) is 8.24. The largest absolute Gasteiger partial charge is 0.573 e. The maximum atomic E-state index is 14.5. The van der Waals surface area contributed by atoms with Gasteiger partial charge in [0.15, 0.2) is 11.5 Å². The van der Waals surface area contributed by atoms with E-state index in [0.717, 1.165) is 6.42 Å². The molecule has 0 unspecified atom stereocenters. The van der Waals surface area contributed by atoms with E-state index in [-0.39, 0.29) is 18.1 Å². The topological polar surface area (TPSA) is 76.1 Å². The van der Waals surface area contributed by atoms with Gasteiger partial charge >= 0.3 is 6.36 Å². The predicted molar refractivity (Wildman–Crippen MR) is 119 cm³/mol. The SMILES string of the molecule is NC1=N[C@@](c2cccc(-c3cnccc3F)c2)([C@@H]2C=CC(OC(F)(F)F)=CC2)C2=NCCCN12. The smallest absolute Gasteiger partial charge is 0.406 e. The van der Waals surface area contributed by atoms with Crippen molar-refractivity contribution in [2.75, 3.05) is 13.1 Å². The summed E-state index contributed by atoms with van der Waals surface area (Å²) in [5.41, 5.74) is 6.87. The number of rotatable bonds is 4. The maximum Gasteiger partial charge on any atom is 0.573 e. The van der Waals surface area contributed by atoms with E-state index in [9.17, 15) is 17.6 Å². The van der Waals surface area contributed by atoms with Crippen LogP contribution in [0.3, 0.4) is 0 Å². The summed E-state index contributed by atoms with van der Waals surface area (Å²) >= 11 is 0. The van der Waals surface area contributed by atoms with Gasteiger partial charge in [-0.15, -0.1) is 13.2 Å². The number of benzene rings is 1. The van der Waals surface area contributed by atoms with Gasteiger partial charge in [0.05, 0.1) is 0 Å². The molecule has 0 radical (unpaired) electrons. The number of fused-ring (bicyclic) bond motifs is 1. The van der Waals surface area contributed by atoms with Crippen LogP contribution in [-0.2, 0) is 10.3 Å². The minimum atomic E-state index is -4.77. The molecule has 1 aliphatic carbocycles. The first kappa shape index (κ1) is 22.1. The van der Waals surface area contributed by atoms with Gasteiger partial charge in [0.25, 0.3) is 0 Å². The van der Waals surface area contributed by atoms with Crippen LogP contribution >= 0.6 is 0 Å². The molecule has 2 atom stereocenters. The van der Waals surface area contributed by atoms with E-state index in [1.54, 1.807) is 18.2 Å². The van der Waals surface area contributed by atoms with Crippen LogP contribution in [0.1, 0.15) is 18.4 Å². The third kappa shape index (κ3) is 3.82. The van der Waals surface area contributed by atoms with Gasteiger partial charge in [-0.2, -0.15) is 0 Å². The van der Waals surface area contributed by atoms with Crippen LogP contribution in [0, 0.1) is 11.7 Å². The molecule has 0 amide bonds. The Labute approximate surface area is 193 Å². The Hall–Kier alpha value is -3.69. The lowest BCUT2D eigenvalue weighted by Gasteiger charge is -2.38. The molecule has 2 aromatic rings. The number of ether oxygens (including phenoxy) is 1. The number of halogens is 4. The number of nitrogens with zero attached hydrogens (tertiary/aromatic N) is 4. The number of guanidine groups is 1. The van der Waals surface area contributed by atoms with Crippen LogP contribution in [0.2, 0.25) is 0 Å². The minimum absolute atomic E-state index is 0.219. The Morgan fingerprint density at radius 3 is 2.79 bits per heavy atom. The van der Waals surface area contributed by atoms with Gasteiger partial charge in [-0.05, 0) is 48.3 Å². The third-order valence-corrected chi connectivity index (χ3v) is 6.18. The monoisotopic (exact) mass is 471 g/mol. The van der Waals surface area contributed by atoms with Crippen molar-refractivity contribution >= 4 is 11.8 Å². The number of alkyl halides is 3. The zero-order valence-corrected chi connectivity index (χ0v) is 18.0. The van der Waals surface area contributed by atoms with Crippen molar-refractivity contribution in [3.63, 3.8) is 0 Å². The fraction of sp³-hybridized carbons (Fsp3) is 0.292. The van der Waals surface area contributed by atoms with Gasteiger partial charge < -0.3 is 10.5 Å². The second-order valence-corrected chi connectivity index (χ2v) is 8.24. The van der Waals surface area contributed by atoms with Gasteiger partial charge in [0.2, 0.25) is 0 Å². The van der Waals surface area contributed by atoms with Crippen LogP contribution in [0.5, 0.6) is 0 Å². The second kappa shape index (κ2) is 8.27. The summed E-state index contributed by atoms with van der Waals surface area (Å²) < 4.78 is 56.6. The first-order valence-corrected chi connectivity index (χ1v) is 10.8. The summed E-state index contributed by atoms with van der Waals surface area (Å²) in [4.78, 5) is 15.5. The lowest BCUT2D eigenvalue weighted by molar-refractivity contribution is -0.303. The molecule has 2 aliphatic heterocycles. The lowest BCUT2D eigenvalue weighted by Crippen LogP contribution is -2.48. The van der Waals surface area contributed by atoms with E-state index in [1.165, 1.54) is 30.6 Å². The number of hydrogen-bond acceptors (Lipinski definition) is 6. The van der Waals surface area contributed by atoms with E-state index in [2.05, 4.69) is 9.72 Å². The molecule has 34 heavy (non-hydrogen) atoms. The molecule has 3 heterocycles. The van der Waals surface area contributed by atoms with E-state index in [0.29, 0.717) is 41.6 Å². The molecule has 3 aliphatic rings. The van der Waals surface area contributed by atoms with E-state index in [1.807, 2.05) is 17.0 Å².